The van der Waals surface area contributed by atoms with E-state index in [0.29, 0.717) is 11.5 Å². The summed E-state index contributed by atoms with van der Waals surface area (Å²) in [4.78, 5) is 2.63. The molecule has 162 valence electrons. The summed E-state index contributed by atoms with van der Waals surface area (Å²) in [5.41, 5.74) is 10.2. The van der Waals surface area contributed by atoms with Gasteiger partial charge in [-0.25, -0.2) is 0 Å². The Morgan fingerprint density at radius 2 is 1.90 bits per heavy atom. The zero-order valence-corrected chi connectivity index (χ0v) is 19.4. The molecule has 1 heterocycles. The van der Waals surface area contributed by atoms with Crippen molar-refractivity contribution < 1.29 is 18.3 Å². The van der Waals surface area contributed by atoms with Crippen LogP contribution in [0.3, 0.4) is 0 Å². The molecule has 0 spiro atoms. The Morgan fingerprint density at radius 1 is 1.19 bits per heavy atom. The molecule has 2 nitrogen and oxygen atoms in total. The van der Waals surface area contributed by atoms with Crippen LogP contribution in [0.5, 0.6) is 5.75 Å². The molecule has 2 aliphatic rings. The van der Waals surface area contributed by atoms with Crippen LogP contribution in [0.4, 0.5) is 8.78 Å². The zero-order chi connectivity index (χ0) is 22.2. The summed E-state index contributed by atoms with van der Waals surface area (Å²) < 4.78 is 36.6. The van der Waals surface area contributed by atoms with Gasteiger partial charge in [-0.3, -0.25) is 0 Å². The van der Waals surface area contributed by atoms with E-state index in [9.17, 15) is 8.78 Å². The maximum absolute atomic E-state index is 13.3. The van der Waals surface area contributed by atoms with Crippen molar-refractivity contribution >= 4 is 40.3 Å². The Bertz CT molecular complexity index is 1110. The number of fused-ring (bicyclic) bond motifs is 3. The van der Waals surface area contributed by atoms with E-state index in [2.05, 4.69) is 11.8 Å². The number of hydrogen-bond acceptors (Lipinski definition) is 4. The van der Waals surface area contributed by atoms with Crippen LogP contribution >= 0.6 is 23.6 Å². The molecule has 0 N–H and O–H groups in total. The number of halogens is 2. The molecule has 0 fully saturated rings. The first kappa shape index (κ1) is 21.9. The zero-order valence-electron chi connectivity index (χ0n) is 17.8. The van der Waals surface area contributed by atoms with Crippen LogP contribution in [0.2, 0.25) is 0 Å². The maximum Gasteiger partial charge on any atom is 0.394 e. The van der Waals surface area contributed by atoms with Gasteiger partial charge in [-0.15, -0.1) is 17.1 Å². The average molecular weight is 459 g/mol. The van der Waals surface area contributed by atoms with Crippen molar-refractivity contribution in [1.82, 2.24) is 0 Å². The Morgan fingerprint density at radius 3 is 2.58 bits per heavy atom. The number of thiophene rings is 1. The van der Waals surface area contributed by atoms with E-state index in [1.165, 1.54) is 33.7 Å². The molecule has 0 saturated carbocycles. The Kier molecular flexibility index (Phi) is 6.16. The third-order valence-electron chi connectivity index (χ3n) is 5.61. The molecule has 2 aromatic rings. The lowest BCUT2D eigenvalue weighted by Crippen LogP contribution is -2.19. The summed E-state index contributed by atoms with van der Waals surface area (Å²) >= 11 is 7.24. The predicted molar refractivity (Wildman–Crippen MR) is 126 cm³/mol. The molecule has 0 atom stereocenters. The van der Waals surface area contributed by atoms with Crippen LogP contribution in [0.25, 0.3) is 11.6 Å². The molecule has 4 rings (SSSR count). The van der Waals surface area contributed by atoms with E-state index in [1.54, 1.807) is 19.2 Å². The van der Waals surface area contributed by atoms with E-state index in [1.807, 2.05) is 30.4 Å². The first-order valence-corrected chi connectivity index (χ1v) is 11.5. The lowest BCUT2D eigenvalue weighted by atomic mass is 9.84. The van der Waals surface area contributed by atoms with Crippen molar-refractivity contribution in [2.45, 2.75) is 52.1 Å². The van der Waals surface area contributed by atoms with Crippen molar-refractivity contribution in [3.8, 4) is 5.75 Å². The third kappa shape index (κ3) is 4.67. The monoisotopic (exact) mass is 458 g/mol. The van der Waals surface area contributed by atoms with Crippen molar-refractivity contribution in [2.75, 3.05) is 7.11 Å². The molecule has 1 aromatic heterocycles. The average Bonchev–Trinajstić information content (AvgIpc) is 3.03. The highest BCUT2D eigenvalue weighted by Crippen LogP contribution is 2.45. The summed E-state index contributed by atoms with van der Waals surface area (Å²) in [6, 6.07) is 6.90. The minimum atomic E-state index is -3.22. The number of benzene rings is 1. The lowest BCUT2D eigenvalue weighted by Gasteiger charge is -2.20. The van der Waals surface area contributed by atoms with Crippen LogP contribution in [-0.4, -0.2) is 18.3 Å². The van der Waals surface area contributed by atoms with E-state index in [-0.39, 0.29) is 5.75 Å². The van der Waals surface area contributed by atoms with Crippen LogP contribution < -0.4 is 4.74 Å². The molecule has 6 heteroatoms. The fourth-order valence-electron chi connectivity index (χ4n) is 4.21. The van der Waals surface area contributed by atoms with Gasteiger partial charge in [0, 0.05) is 28.7 Å². The topological polar surface area (TPSA) is 18.5 Å². The standard InChI is InChI=1S/C25H24F2O2S2/c1-15-8-13-21-24(18-6-4-5-7-20(18)31-21)23(19(15)14-22(30)28-3)16-9-11-17(12-10-16)29-25(2,26)27/h9-13H,4-7,14H2,1-3H3. The summed E-state index contributed by atoms with van der Waals surface area (Å²) in [7, 11) is 1.59. The SMILES string of the molecule is COC(=S)CC1=C(c2ccc(OC(C)(F)F)cc2)c2c(sc3c2CCCC3)C=C=C1C. The van der Waals surface area contributed by atoms with E-state index < -0.39 is 6.11 Å². The normalized spacial score (nSPS) is 15.7. The second-order valence-electron chi connectivity index (χ2n) is 7.90. The summed E-state index contributed by atoms with van der Waals surface area (Å²) in [6.45, 7) is 2.77. The smallest absolute Gasteiger partial charge is 0.394 e. The van der Waals surface area contributed by atoms with Crippen molar-refractivity contribution in [2.24, 2.45) is 0 Å². The van der Waals surface area contributed by atoms with Gasteiger partial charge in [-0.1, -0.05) is 12.1 Å². The van der Waals surface area contributed by atoms with Crippen LogP contribution in [0, 0.1) is 0 Å². The molecule has 0 radical (unpaired) electrons. The number of rotatable bonds is 5. The fraction of sp³-hybridized carbons (Fsp3) is 0.360. The van der Waals surface area contributed by atoms with Crippen LogP contribution in [-0.2, 0) is 17.6 Å². The second-order valence-corrected chi connectivity index (χ2v) is 9.50. The van der Waals surface area contributed by atoms with Gasteiger partial charge in [0.1, 0.15) is 5.75 Å². The molecule has 0 saturated heterocycles. The molecular formula is C25H24F2O2S2. The Hall–Kier alpha value is -2.27. The first-order valence-electron chi connectivity index (χ1n) is 10.3. The van der Waals surface area contributed by atoms with E-state index in [0.717, 1.165) is 42.0 Å². The summed E-state index contributed by atoms with van der Waals surface area (Å²) in [6.07, 6.45) is 3.87. The molecule has 0 bridgehead atoms. The lowest BCUT2D eigenvalue weighted by molar-refractivity contribution is -0.158. The van der Waals surface area contributed by atoms with Gasteiger partial charge in [-0.2, -0.15) is 8.78 Å². The fourth-order valence-corrected chi connectivity index (χ4v) is 5.64. The molecular weight excluding hydrogens is 434 g/mol. The third-order valence-corrected chi connectivity index (χ3v) is 7.16. The van der Waals surface area contributed by atoms with Gasteiger partial charge in [0.2, 0.25) is 0 Å². The van der Waals surface area contributed by atoms with Crippen molar-refractivity contribution in [3.63, 3.8) is 0 Å². The molecule has 31 heavy (non-hydrogen) atoms. The number of hydrogen-bond donors (Lipinski definition) is 0. The van der Waals surface area contributed by atoms with Gasteiger partial charge in [0.05, 0.1) is 7.11 Å². The van der Waals surface area contributed by atoms with Crippen LogP contribution in [0.1, 0.15) is 59.6 Å². The Balaban J connectivity index is 1.91. The second kappa shape index (κ2) is 8.70. The number of allylic oxidation sites excluding steroid dienone is 1. The van der Waals surface area contributed by atoms with Gasteiger partial charge in [0.15, 0.2) is 5.05 Å². The largest absolute Gasteiger partial charge is 0.490 e. The quantitative estimate of drug-likeness (QED) is 0.345. The maximum atomic E-state index is 13.3. The van der Waals surface area contributed by atoms with Gasteiger partial charge in [-0.05, 0) is 90.9 Å². The minimum absolute atomic E-state index is 0.136. The molecule has 0 aliphatic heterocycles. The molecule has 2 aliphatic carbocycles. The molecule has 0 unspecified atom stereocenters. The van der Waals surface area contributed by atoms with Crippen molar-refractivity contribution in [3.05, 3.63) is 67.6 Å². The number of alkyl halides is 2. The highest BCUT2D eigenvalue weighted by Gasteiger charge is 2.28. The number of aryl methyl sites for hydroxylation is 1. The van der Waals surface area contributed by atoms with E-state index >= 15 is 0 Å². The number of methoxy groups -OCH3 is 1. The van der Waals surface area contributed by atoms with Crippen molar-refractivity contribution in [1.29, 1.82) is 0 Å². The van der Waals surface area contributed by atoms with Gasteiger partial charge in [0.25, 0.3) is 0 Å². The van der Waals surface area contributed by atoms with E-state index in [4.69, 9.17) is 21.7 Å². The highest BCUT2D eigenvalue weighted by molar-refractivity contribution is 7.80. The number of thiocarbonyl (C=S) groups is 1. The predicted octanol–water partition coefficient (Wildman–Crippen LogP) is 7.36. The van der Waals surface area contributed by atoms with Crippen LogP contribution in [0.15, 0.2) is 41.1 Å². The molecule has 1 aromatic carbocycles. The Labute approximate surface area is 190 Å². The van der Waals surface area contributed by atoms with Gasteiger partial charge < -0.3 is 9.47 Å². The highest BCUT2D eigenvalue weighted by atomic mass is 32.1. The number of ether oxygens (including phenoxy) is 2. The summed E-state index contributed by atoms with van der Waals surface area (Å²) in [5.74, 6) is 0.136. The van der Waals surface area contributed by atoms with Gasteiger partial charge >= 0.3 is 6.11 Å². The minimum Gasteiger partial charge on any atom is -0.490 e. The summed E-state index contributed by atoms with van der Waals surface area (Å²) in [5, 5.41) is 0.506. The first-order chi connectivity index (χ1) is 14.8. The molecule has 0 amide bonds.